The average molecular weight is 352 g/mol. The van der Waals surface area contributed by atoms with Crippen LogP contribution in [0.1, 0.15) is 65.7 Å². The molecule has 1 aromatic heterocycles. The first-order valence-electron chi connectivity index (χ1n) is 9.50. The van der Waals surface area contributed by atoms with Crippen molar-refractivity contribution in [2.75, 3.05) is 10.6 Å². The fourth-order valence-corrected chi connectivity index (χ4v) is 3.71. The van der Waals surface area contributed by atoms with E-state index in [1.54, 1.807) is 12.4 Å². The predicted octanol–water partition coefficient (Wildman–Crippen LogP) is 4.79. The van der Waals surface area contributed by atoms with Crippen LogP contribution in [0.5, 0.6) is 0 Å². The standard InChI is InChI=1S/C21H28N4O/c1-14-10-15(2)20(16(3)11-14)25-21(26)18-12-23-19(13-22-18)24-17-8-6-4-5-7-9-17/h10-13,17H,4-9H2,1-3H3,(H,23,24)(H,25,26). The molecule has 0 unspecified atom stereocenters. The fourth-order valence-electron chi connectivity index (χ4n) is 3.71. The summed E-state index contributed by atoms with van der Waals surface area (Å²) >= 11 is 0. The lowest BCUT2D eigenvalue weighted by atomic mass is 10.1. The van der Waals surface area contributed by atoms with Gasteiger partial charge in [-0.05, 0) is 44.7 Å². The van der Waals surface area contributed by atoms with Crippen molar-refractivity contribution in [1.29, 1.82) is 0 Å². The number of benzene rings is 1. The fraction of sp³-hybridized carbons (Fsp3) is 0.476. The molecule has 2 aromatic rings. The monoisotopic (exact) mass is 352 g/mol. The highest BCUT2D eigenvalue weighted by Gasteiger charge is 2.15. The number of amides is 1. The van der Waals surface area contributed by atoms with E-state index in [1.165, 1.54) is 44.1 Å². The van der Waals surface area contributed by atoms with Crippen LogP contribution < -0.4 is 10.6 Å². The van der Waals surface area contributed by atoms with Crippen molar-refractivity contribution < 1.29 is 4.79 Å². The third-order valence-corrected chi connectivity index (χ3v) is 5.01. The summed E-state index contributed by atoms with van der Waals surface area (Å²) in [5, 5.41) is 6.43. The van der Waals surface area contributed by atoms with E-state index < -0.39 is 0 Å². The van der Waals surface area contributed by atoms with Crippen LogP contribution in [-0.4, -0.2) is 21.9 Å². The van der Waals surface area contributed by atoms with Crippen LogP contribution in [0.15, 0.2) is 24.5 Å². The number of rotatable bonds is 4. The number of carbonyl (C=O) groups excluding carboxylic acids is 1. The number of aromatic nitrogens is 2. The van der Waals surface area contributed by atoms with Gasteiger partial charge in [-0.3, -0.25) is 4.79 Å². The van der Waals surface area contributed by atoms with Gasteiger partial charge in [0.05, 0.1) is 12.4 Å². The van der Waals surface area contributed by atoms with Gasteiger partial charge in [-0.15, -0.1) is 0 Å². The Labute approximate surface area is 155 Å². The number of aryl methyl sites for hydroxylation is 3. The quantitative estimate of drug-likeness (QED) is 0.777. The minimum Gasteiger partial charge on any atom is -0.366 e. The van der Waals surface area contributed by atoms with E-state index in [4.69, 9.17) is 0 Å². The number of carbonyl (C=O) groups is 1. The Morgan fingerprint density at radius 3 is 2.19 bits per heavy atom. The second kappa shape index (κ2) is 8.30. The van der Waals surface area contributed by atoms with E-state index in [-0.39, 0.29) is 5.91 Å². The Morgan fingerprint density at radius 2 is 1.62 bits per heavy atom. The summed E-state index contributed by atoms with van der Waals surface area (Å²) in [5.74, 6) is 0.518. The number of hydrogen-bond acceptors (Lipinski definition) is 4. The Hall–Kier alpha value is -2.43. The van der Waals surface area contributed by atoms with E-state index in [0.29, 0.717) is 11.7 Å². The van der Waals surface area contributed by atoms with Crippen molar-refractivity contribution >= 4 is 17.4 Å². The number of hydrogen-bond donors (Lipinski definition) is 2. The second-order valence-corrected chi connectivity index (χ2v) is 7.35. The third kappa shape index (κ3) is 4.59. The largest absolute Gasteiger partial charge is 0.366 e. The topological polar surface area (TPSA) is 66.9 Å². The van der Waals surface area contributed by atoms with Gasteiger partial charge in [0.15, 0.2) is 0 Å². The molecule has 0 spiro atoms. The molecular weight excluding hydrogens is 324 g/mol. The molecule has 1 aliphatic carbocycles. The van der Waals surface area contributed by atoms with Crippen LogP contribution in [0.25, 0.3) is 0 Å². The van der Waals surface area contributed by atoms with Crippen molar-refractivity contribution in [1.82, 2.24) is 9.97 Å². The molecule has 1 aliphatic rings. The van der Waals surface area contributed by atoms with Gasteiger partial charge in [-0.1, -0.05) is 43.4 Å². The molecular formula is C21H28N4O. The molecule has 26 heavy (non-hydrogen) atoms. The summed E-state index contributed by atoms with van der Waals surface area (Å²) in [6, 6.07) is 4.59. The van der Waals surface area contributed by atoms with Gasteiger partial charge in [0.1, 0.15) is 11.5 Å². The van der Waals surface area contributed by atoms with Crippen LogP contribution in [0.4, 0.5) is 11.5 Å². The second-order valence-electron chi connectivity index (χ2n) is 7.35. The van der Waals surface area contributed by atoms with Crippen molar-refractivity contribution in [2.45, 2.75) is 65.3 Å². The van der Waals surface area contributed by atoms with E-state index in [1.807, 2.05) is 13.8 Å². The Bertz CT molecular complexity index is 739. The van der Waals surface area contributed by atoms with Gasteiger partial charge in [0.25, 0.3) is 5.91 Å². The highest BCUT2D eigenvalue weighted by molar-refractivity contribution is 6.03. The van der Waals surface area contributed by atoms with Crippen molar-refractivity contribution in [3.05, 3.63) is 46.9 Å². The van der Waals surface area contributed by atoms with Crippen LogP contribution in [0.2, 0.25) is 0 Å². The first-order chi connectivity index (χ1) is 12.5. The average Bonchev–Trinajstić information content (AvgIpc) is 2.87. The van der Waals surface area contributed by atoms with Crippen molar-refractivity contribution in [3.63, 3.8) is 0 Å². The van der Waals surface area contributed by atoms with Gasteiger partial charge in [0, 0.05) is 11.7 Å². The molecule has 1 heterocycles. The van der Waals surface area contributed by atoms with E-state index >= 15 is 0 Å². The lowest BCUT2D eigenvalue weighted by Gasteiger charge is -2.16. The first kappa shape index (κ1) is 18.4. The molecule has 1 saturated carbocycles. The minimum atomic E-state index is -0.228. The molecule has 1 fully saturated rings. The third-order valence-electron chi connectivity index (χ3n) is 5.01. The summed E-state index contributed by atoms with van der Waals surface area (Å²) in [5.41, 5.74) is 4.47. The molecule has 1 amide bonds. The van der Waals surface area contributed by atoms with E-state index in [9.17, 15) is 4.79 Å². The minimum absolute atomic E-state index is 0.228. The molecule has 5 nitrogen and oxygen atoms in total. The molecule has 0 aliphatic heterocycles. The zero-order chi connectivity index (χ0) is 18.5. The highest BCUT2D eigenvalue weighted by atomic mass is 16.1. The smallest absolute Gasteiger partial charge is 0.275 e. The first-order valence-corrected chi connectivity index (χ1v) is 9.50. The Morgan fingerprint density at radius 1 is 0.962 bits per heavy atom. The summed E-state index contributed by atoms with van der Waals surface area (Å²) in [6.45, 7) is 6.05. The van der Waals surface area contributed by atoms with Crippen molar-refractivity contribution in [3.8, 4) is 0 Å². The molecule has 0 radical (unpaired) electrons. The molecule has 3 rings (SSSR count). The van der Waals surface area contributed by atoms with Crippen LogP contribution in [0.3, 0.4) is 0 Å². The maximum Gasteiger partial charge on any atom is 0.275 e. The molecule has 5 heteroatoms. The van der Waals surface area contributed by atoms with Crippen molar-refractivity contribution in [2.24, 2.45) is 0 Å². The predicted molar refractivity (Wildman–Crippen MR) is 106 cm³/mol. The molecule has 1 aromatic carbocycles. The molecule has 138 valence electrons. The van der Waals surface area contributed by atoms with Crippen LogP contribution >= 0.6 is 0 Å². The molecule has 0 atom stereocenters. The summed E-state index contributed by atoms with van der Waals surface area (Å²) in [4.78, 5) is 21.2. The number of anilines is 2. The maximum atomic E-state index is 12.5. The molecule has 0 bridgehead atoms. The normalized spacial score (nSPS) is 15.3. The summed E-state index contributed by atoms with van der Waals surface area (Å²) < 4.78 is 0. The lowest BCUT2D eigenvalue weighted by Crippen LogP contribution is -2.20. The summed E-state index contributed by atoms with van der Waals surface area (Å²) in [7, 11) is 0. The zero-order valence-electron chi connectivity index (χ0n) is 15.9. The summed E-state index contributed by atoms with van der Waals surface area (Å²) in [6.07, 6.45) is 10.7. The SMILES string of the molecule is Cc1cc(C)c(NC(=O)c2cnc(NC3CCCCCC3)cn2)c(C)c1. The Balaban J connectivity index is 1.65. The van der Waals surface area contributed by atoms with Gasteiger partial charge in [0.2, 0.25) is 0 Å². The van der Waals surface area contributed by atoms with E-state index in [2.05, 4.69) is 39.7 Å². The number of nitrogens with one attached hydrogen (secondary N) is 2. The van der Waals surface area contributed by atoms with E-state index in [0.717, 1.165) is 22.6 Å². The maximum absolute atomic E-state index is 12.5. The number of nitrogens with zero attached hydrogens (tertiary/aromatic N) is 2. The van der Waals surface area contributed by atoms with Gasteiger partial charge >= 0.3 is 0 Å². The Kier molecular flexibility index (Phi) is 5.86. The van der Waals surface area contributed by atoms with Crippen LogP contribution in [-0.2, 0) is 0 Å². The highest BCUT2D eigenvalue weighted by Crippen LogP contribution is 2.23. The molecule has 0 saturated heterocycles. The van der Waals surface area contributed by atoms with Gasteiger partial charge in [-0.25, -0.2) is 9.97 Å². The van der Waals surface area contributed by atoms with Gasteiger partial charge < -0.3 is 10.6 Å². The molecule has 2 N–H and O–H groups in total. The zero-order valence-corrected chi connectivity index (χ0v) is 15.9. The van der Waals surface area contributed by atoms with Gasteiger partial charge in [-0.2, -0.15) is 0 Å². The van der Waals surface area contributed by atoms with Crippen LogP contribution in [0, 0.1) is 20.8 Å². The lowest BCUT2D eigenvalue weighted by molar-refractivity contribution is 0.102.